The summed E-state index contributed by atoms with van der Waals surface area (Å²) >= 11 is 0. The minimum atomic E-state index is -0.0645. The zero-order chi connectivity index (χ0) is 17.2. The summed E-state index contributed by atoms with van der Waals surface area (Å²) < 4.78 is 10.9. The Balaban J connectivity index is 1.71. The van der Waals surface area contributed by atoms with E-state index in [4.69, 9.17) is 9.47 Å². The van der Waals surface area contributed by atoms with Gasteiger partial charge in [0.15, 0.2) is 0 Å². The smallest absolute Gasteiger partial charge is 0.119 e. The zero-order valence-electron chi connectivity index (χ0n) is 14.2. The van der Waals surface area contributed by atoms with E-state index < -0.39 is 0 Å². The summed E-state index contributed by atoms with van der Waals surface area (Å²) in [7, 11) is 0. The molecule has 3 atom stereocenters. The van der Waals surface area contributed by atoms with Gasteiger partial charge in [-0.1, -0.05) is 36.4 Å². The van der Waals surface area contributed by atoms with E-state index in [0.717, 1.165) is 43.6 Å². The van der Waals surface area contributed by atoms with Crippen molar-refractivity contribution in [3.8, 4) is 11.5 Å². The highest BCUT2D eigenvalue weighted by atomic mass is 16.6. The molecule has 0 spiro atoms. The molecule has 2 heterocycles. The fourth-order valence-electron chi connectivity index (χ4n) is 3.77. The van der Waals surface area contributed by atoms with Crippen molar-refractivity contribution < 1.29 is 19.7 Å². The van der Waals surface area contributed by atoms with Crippen LogP contribution in [0.2, 0.25) is 0 Å². The Morgan fingerprint density at radius 1 is 0.840 bits per heavy atom. The Hall–Kier alpha value is -2.04. The minimum Gasteiger partial charge on any atom is -0.508 e. The summed E-state index contributed by atoms with van der Waals surface area (Å²) in [5.41, 5.74) is 1.73. The highest BCUT2D eigenvalue weighted by Crippen LogP contribution is 2.45. The van der Waals surface area contributed by atoms with Gasteiger partial charge in [0.1, 0.15) is 11.5 Å². The van der Waals surface area contributed by atoms with Crippen molar-refractivity contribution in [1.82, 2.24) is 0 Å². The van der Waals surface area contributed by atoms with Crippen molar-refractivity contribution in [3.05, 3.63) is 59.7 Å². The number of hydrogen-bond donors (Lipinski definition) is 2. The third kappa shape index (κ3) is 3.97. The molecular weight excluding hydrogens is 316 g/mol. The third-order valence-electron chi connectivity index (χ3n) is 5.24. The lowest BCUT2D eigenvalue weighted by Gasteiger charge is -2.29. The summed E-state index contributed by atoms with van der Waals surface area (Å²) in [5, 5.41) is 21.0. The van der Waals surface area contributed by atoms with E-state index >= 15 is 0 Å². The molecule has 2 saturated heterocycles. The SMILES string of the molecule is Oc1ccccc1C(c1ccccc1O)C(CCC1CO1)CC1CO1. The van der Waals surface area contributed by atoms with Crippen LogP contribution < -0.4 is 0 Å². The normalized spacial score (nSPS) is 22.8. The second-order valence-corrected chi connectivity index (χ2v) is 7.08. The van der Waals surface area contributed by atoms with Gasteiger partial charge < -0.3 is 19.7 Å². The summed E-state index contributed by atoms with van der Waals surface area (Å²) in [5.74, 6) is 0.768. The zero-order valence-corrected chi connectivity index (χ0v) is 14.2. The molecule has 4 rings (SSSR count). The molecule has 2 aromatic carbocycles. The fourth-order valence-corrected chi connectivity index (χ4v) is 3.77. The number of aromatic hydroxyl groups is 2. The number of para-hydroxylation sites is 2. The molecule has 132 valence electrons. The van der Waals surface area contributed by atoms with Crippen LogP contribution in [-0.4, -0.2) is 35.6 Å². The Labute approximate surface area is 148 Å². The number of rotatable bonds is 8. The molecule has 2 fully saturated rings. The van der Waals surface area contributed by atoms with Crippen molar-refractivity contribution in [2.24, 2.45) is 5.92 Å². The molecule has 2 aliphatic rings. The molecule has 2 N–H and O–H groups in total. The number of epoxide rings is 2. The van der Waals surface area contributed by atoms with Gasteiger partial charge in [0.25, 0.3) is 0 Å². The molecular formula is C21H24O4. The molecule has 4 nitrogen and oxygen atoms in total. The van der Waals surface area contributed by atoms with Crippen LogP contribution in [0.1, 0.15) is 36.3 Å². The van der Waals surface area contributed by atoms with Crippen LogP contribution in [0.25, 0.3) is 0 Å². The van der Waals surface area contributed by atoms with Crippen LogP contribution in [0.15, 0.2) is 48.5 Å². The van der Waals surface area contributed by atoms with Gasteiger partial charge in [-0.05, 0) is 37.3 Å². The Kier molecular flexibility index (Phi) is 4.64. The summed E-state index contributed by atoms with van der Waals surface area (Å²) in [6.07, 6.45) is 3.59. The highest BCUT2D eigenvalue weighted by Gasteiger charge is 2.36. The lowest BCUT2D eigenvalue weighted by Crippen LogP contribution is -2.18. The van der Waals surface area contributed by atoms with E-state index in [1.807, 2.05) is 36.4 Å². The van der Waals surface area contributed by atoms with Crippen LogP contribution in [0.4, 0.5) is 0 Å². The maximum Gasteiger partial charge on any atom is 0.119 e. The average Bonchev–Trinajstić information content (AvgIpc) is 3.51. The van der Waals surface area contributed by atoms with E-state index in [1.54, 1.807) is 12.1 Å². The van der Waals surface area contributed by atoms with Gasteiger partial charge in [-0.15, -0.1) is 0 Å². The lowest BCUT2D eigenvalue weighted by atomic mass is 9.75. The van der Waals surface area contributed by atoms with Crippen molar-refractivity contribution in [1.29, 1.82) is 0 Å². The first-order valence-corrected chi connectivity index (χ1v) is 9.01. The van der Waals surface area contributed by atoms with Gasteiger partial charge in [0.2, 0.25) is 0 Å². The van der Waals surface area contributed by atoms with E-state index in [1.165, 1.54) is 0 Å². The molecule has 0 amide bonds. The highest BCUT2D eigenvalue weighted by molar-refractivity contribution is 5.46. The predicted octanol–water partition coefficient (Wildman–Crippen LogP) is 3.81. The van der Waals surface area contributed by atoms with Gasteiger partial charge in [0, 0.05) is 17.0 Å². The number of phenolic OH excluding ortho intramolecular Hbond substituents is 2. The summed E-state index contributed by atoms with van der Waals surface area (Å²) in [4.78, 5) is 0. The predicted molar refractivity (Wildman–Crippen MR) is 94.9 cm³/mol. The van der Waals surface area contributed by atoms with Crippen LogP contribution in [0.3, 0.4) is 0 Å². The van der Waals surface area contributed by atoms with Gasteiger partial charge in [-0.2, -0.15) is 0 Å². The first-order chi connectivity index (χ1) is 12.2. The van der Waals surface area contributed by atoms with Crippen LogP contribution in [0.5, 0.6) is 11.5 Å². The molecule has 0 bridgehead atoms. The molecule has 4 heteroatoms. The summed E-state index contributed by atoms with van der Waals surface area (Å²) in [6, 6.07) is 14.9. The van der Waals surface area contributed by atoms with Crippen molar-refractivity contribution >= 4 is 0 Å². The molecule has 0 aliphatic carbocycles. The van der Waals surface area contributed by atoms with Crippen LogP contribution in [0, 0.1) is 5.92 Å². The topological polar surface area (TPSA) is 65.5 Å². The van der Waals surface area contributed by atoms with Gasteiger partial charge in [-0.3, -0.25) is 0 Å². The molecule has 2 aromatic rings. The van der Waals surface area contributed by atoms with E-state index in [0.29, 0.717) is 12.2 Å². The molecule has 25 heavy (non-hydrogen) atoms. The van der Waals surface area contributed by atoms with Crippen molar-refractivity contribution in [2.75, 3.05) is 13.2 Å². The Bertz CT molecular complexity index is 676. The van der Waals surface area contributed by atoms with E-state index in [9.17, 15) is 10.2 Å². The molecule has 3 unspecified atom stereocenters. The lowest BCUT2D eigenvalue weighted by molar-refractivity contribution is 0.297. The minimum absolute atomic E-state index is 0.0645. The van der Waals surface area contributed by atoms with Gasteiger partial charge >= 0.3 is 0 Å². The van der Waals surface area contributed by atoms with Gasteiger partial charge in [0.05, 0.1) is 25.4 Å². The largest absolute Gasteiger partial charge is 0.508 e. The fraction of sp³-hybridized carbons (Fsp3) is 0.429. The molecule has 0 radical (unpaired) electrons. The number of benzene rings is 2. The number of phenols is 2. The second-order valence-electron chi connectivity index (χ2n) is 7.08. The molecule has 2 aliphatic heterocycles. The first kappa shape index (κ1) is 16.4. The summed E-state index contributed by atoms with van der Waals surface area (Å²) in [6.45, 7) is 1.66. The average molecular weight is 340 g/mol. The third-order valence-corrected chi connectivity index (χ3v) is 5.24. The quantitative estimate of drug-likeness (QED) is 0.717. The Morgan fingerprint density at radius 3 is 1.84 bits per heavy atom. The number of ether oxygens (including phenoxy) is 2. The van der Waals surface area contributed by atoms with Crippen LogP contribution in [-0.2, 0) is 9.47 Å². The van der Waals surface area contributed by atoms with E-state index in [2.05, 4.69) is 0 Å². The number of hydrogen-bond acceptors (Lipinski definition) is 4. The Morgan fingerprint density at radius 2 is 1.36 bits per heavy atom. The maximum absolute atomic E-state index is 10.5. The van der Waals surface area contributed by atoms with Crippen LogP contribution >= 0.6 is 0 Å². The van der Waals surface area contributed by atoms with Gasteiger partial charge in [-0.25, -0.2) is 0 Å². The van der Waals surface area contributed by atoms with E-state index in [-0.39, 0.29) is 23.3 Å². The molecule has 0 saturated carbocycles. The standard InChI is InChI=1S/C21H24O4/c22-19-7-3-1-5-17(19)21(18-6-2-4-8-20(18)23)14(11-16-13-25-16)9-10-15-12-24-15/h1-8,14-16,21-23H,9-13H2. The molecule has 0 aromatic heterocycles. The van der Waals surface area contributed by atoms with Crippen molar-refractivity contribution in [2.45, 2.75) is 37.4 Å². The maximum atomic E-state index is 10.5. The monoisotopic (exact) mass is 340 g/mol. The second kappa shape index (κ2) is 7.06. The van der Waals surface area contributed by atoms with Crippen molar-refractivity contribution in [3.63, 3.8) is 0 Å². The first-order valence-electron chi connectivity index (χ1n) is 9.01.